The minimum Gasteiger partial charge on any atom is -0.460 e. The van der Waals surface area contributed by atoms with Crippen LogP contribution in [0.15, 0.2) is 62.0 Å². The van der Waals surface area contributed by atoms with E-state index < -0.39 is 0 Å². The molecule has 0 saturated carbocycles. The van der Waals surface area contributed by atoms with Crippen molar-refractivity contribution in [2.45, 2.75) is 70.8 Å². The molecule has 0 aliphatic rings. The molecule has 6 nitrogen and oxygen atoms in total. The third-order valence-corrected chi connectivity index (χ3v) is 5.17. The summed E-state index contributed by atoms with van der Waals surface area (Å²) in [6, 6.07) is 8.13. The van der Waals surface area contributed by atoms with Crippen LogP contribution in [-0.2, 0) is 20.7 Å². The van der Waals surface area contributed by atoms with Gasteiger partial charge in [-0.3, -0.25) is 4.79 Å². The van der Waals surface area contributed by atoms with E-state index in [1.54, 1.807) is 0 Å². The highest BCUT2D eigenvalue weighted by Crippen LogP contribution is 2.19. The first-order chi connectivity index (χ1) is 16.0. The number of allylic oxidation sites excluding steroid dienone is 1. The van der Waals surface area contributed by atoms with Crippen molar-refractivity contribution in [1.82, 2.24) is 9.97 Å². The average Bonchev–Trinajstić information content (AvgIpc) is 2.82. The molecule has 6 heteroatoms. The van der Waals surface area contributed by atoms with Gasteiger partial charge in [-0.2, -0.15) is 0 Å². The number of benzene rings is 1. The van der Waals surface area contributed by atoms with Crippen molar-refractivity contribution in [3.63, 3.8) is 0 Å². The molecule has 33 heavy (non-hydrogen) atoms. The number of hydrogen-bond donors (Lipinski definition) is 0. The van der Waals surface area contributed by atoms with Gasteiger partial charge < -0.3 is 9.47 Å². The molecule has 0 aliphatic carbocycles. The van der Waals surface area contributed by atoms with E-state index in [0.717, 1.165) is 56.9 Å². The molecule has 1 aromatic carbocycles. The first-order valence-electron chi connectivity index (χ1n) is 11.6. The van der Waals surface area contributed by atoms with Gasteiger partial charge in [-0.1, -0.05) is 43.3 Å². The van der Waals surface area contributed by atoms with Gasteiger partial charge in [0.15, 0.2) is 11.6 Å². The largest absolute Gasteiger partial charge is 0.460 e. The molecule has 1 aromatic heterocycles. The van der Waals surface area contributed by atoms with Gasteiger partial charge in [-0.15, -0.1) is 6.58 Å². The lowest BCUT2D eigenvalue weighted by atomic mass is 10.0. The fourth-order valence-electron chi connectivity index (χ4n) is 3.32. The summed E-state index contributed by atoms with van der Waals surface area (Å²) in [4.78, 5) is 31.8. The zero-order valence-electron chi connectivity index (χ0n) is 19.5. The molecule has 1 atom stereocenters. The summed E-state index contributed by atoms with van der Waals surface area (Å²) in [5, 5.41) is 0. The summed E-state index contributed by atoms with van der Waals surface area (Å²) >= 11 is 0. The minimum absolute atomic E-state index is 0.0976. The number of carbonyl (C=O) groups excluding carboxylic acids is 2. The quantitative estimate of drug-likeness (QED) is 0.143. The highest BCUT2D eigenvalue weighted by molar-refractivity contribution is 5.81. The van der Waals surface area contributed by atoms with E-state index in [0.29, 0.717) is 18.0 Å². The summed E-state index contributed by atoms with van der Waals surface area (Å²) in [5.41, 5.74) is 2.14. The summed E-state index contributed by atoms with van der Waals surface area (Å²) < 4.78 is 10.5. The predicted octanol–water partition coefficient (Wildman–Crippen LogP) is 6.02. The number of unbranched alkanes of at least 4 members (excludes halogenated alkanes) is 4. The van der Waals surface area contributed by atoms with Crippen LogP contribution < -0.4 is 4.74 Å². The Morgan fingerprint density at radius 1 is 1.00 bits per heavy atom. The predicted molar refractivity (Wildman–Crippen MR) is 130 cm³/mol. The molecule has 176 valence electrons. The number of hydrogen-bond acceptors (Lipinski definition) is 6. The SMILES string of the molecule is C=CCCCCCC(=O)Oc1cnc(-c2ccc(CCCCC(C)OC(=O)C=C)cc2)nc1. The first kappa shape index (κ1) is 26.0. The maximum atomic E-state index is 11.9. The molecule has 0 saturated heterocycles. The van der Waals surface area contributed by atoms with Gasteiger partial charge in [0.2, 0.25) is 0 Å². The van der Waals surface area contributed by atoms with Gasteiger partial charge in [0.05, 0.1) is 18.5 Å². The van der Waals surface area contributed by atoms with E-state index in [1.807, 2.05) is 25.1 Å². The van der Waals surface area contributed by atoms with Crippen molar-refractivity contribution in [3.8, 4) is 17.1 Å². The van der Waals surface area contributed by atoms with Gasteiger partial charge in [0.1, 0.15) is 0 Å². The lowest BCUT2D eigenvalue weighted by Gasteiger charge is -2.11. The summed E-state index contributed by atoms with van der Waals surface area (Å²) in [6.07, 6.45) is 14.0. The Labute approximate surface area is 196 Å². The van der Waals surface area contributed by atoms with Crippen LogP contribution in [0.4, 0.5) is 0 Å². The Bertz CT molecular complexity index is 891. The van der Waals surface area contributed by atoms with E-state index in [2.05, 4.69) is 35.3 Å². The fourth-order valence-corrected chi connectivity index (χ4v) is 3.32. The van der Waals surface area contributed by atoms with Crippen LogP contribution in [0, 0.1) is 0 Å². The maximum Gasteiger partial charge on any atom is 0.330 e. The lowest BCUT2D eigenvalue weighted by molar-refractivity contribution is -0.142. The van der Waals surface area contributed by atoms with E-state index in [9.17, 15) is 9.59 Å². The molecule has 0 aliphatic heterocycles. The molecule has 0 N–H and O–H groups in total. The molecule has 0 fully saturated rings. The van der Waals surface area contributed by atoms with E-state index >= 15 is 0 Å². The van der Waals surface area contributed by atoms with Crippen LogP contribution in [0.1, 0.15) is 63.9 Å². The third kappa shape index (κ3) is 10.3. The molecular weight excluding hydrogens is 416 g/mol. The van der Waals surface area contributed by atoms with Crippen molar-refractivity contribution in [3.05, 3.63) is 67.5 Å². The second-order valence-corrected chi connectivity index (χ2v) is 8.00. The van der Waals surface area contributed by atoms with Crippen LogP contribution in [-0.4, -0.2) is 28.0 Å². The Balaban J connectivity index is 1.74. The standard InChI is InChI=1S/C27H34N2O4/c1-4-6-7-8-9-14-26(31)33-24-19-28-27(29-20-24)23-17-15-22(16-18-23)13-11-10-12-21(3)32-25(30)5-2/h4-5,15-21H,1-2,6-14H2,3H3. The van der Waals surface area contributed by atoms with Gasteiger partial charge in [0.25, 0.3) is 0 Å². The summed E-state index contributed by atoms with van der Waals surface area (Å²) in [5.74, 6) is 0.312. The van der Waals surface area contributed by atoms with E-state index in [-0.39, 0.29) is 18.0 Å². The van der Waals surface area contributed by atoms with E-state index in [4.69, 9.17) is 9.47 Å². The van der Waals surface area contributed by atoms with Crippen molar-refractivity contribution >= 4 is 11.9 Å². The average molecular weight is 451 g/mol. The molecule has 0 spiro atoms. The van der Waals surface area contributed by atoms with E-state index in [1.165, 1.54) is 24.0 Å². The Morgan fingerprint density at radius 3 is 2.39 bits per heavy atom. The Hall–Kier alpha value is -3.28. The van der Waals surface area contributed by atoms with Crippen LogP contribution in [0.5, 0.6) is 5.75 Å². The molecule has 0 amide bonds. The van der Waals surface area contributed by atoms with Gasteiger partial charge in [0, 0.05) is 18.1 Å². The molecule has 1 unspecified atom stereocenters. The van der Waals surface area contributed by atoms with Crippen molar-refractivity contribution in [1.29, 1.82) is 0 Å². The topological polar surface area (TPSA) is 78.4 Å². The normalized spacial score (nSPS) is 11.4. The minimum atomic E-state index is -0.374. The third-order valence-electron chi connectivity index (χ3n) is 5.17. The molecule has 1 heterocycles. The molecule has 2 rings (SSSR count). The van der Waals surface area contributed by atoms with Crippen molar-refractivity contribution < 1.29 is 19.1 Å². The fraction of sp³-hybridized carbons (Fsp3) is 0.407. The van der Waals surface area contributed by atoms with Gasteiger partial charge >= 0.3 is 11.9 Å². The number of esters is 2. The number of ether oxygens (including phenoxy) is 2. The monoisotopic (exact) mass is 450 g/mol. The number of carbonyl (C=O) groups is 2. The molecular formula is C27H34N2O4. The zero-order chi connectivity index (χ0) is 23.9. The highest BCUT2D eigenvalue weighted by atomic mass is 16.5. The Morgan fingerprint density at radius 2 is 1.73 bits per heavy atom. The number of nitrogens with zero attached hydrogens (tertiary/aromatic N) is 2. The number of aryl methyl sites for hydroxylation is 1. The van der Waals surface area contributed by atoms with Crippen molar-refractivity contribution in [2.75, 3.05) is 0 Å². The molecule has 0 bridgehead atoms. The zero-order valence-corrected chi connectivity index (χ0v) is 19.5. The van der Waals surface area contributed by atoms with Gasteiger partial charge in [-0.25, -0.2) is 14.8 Å². The van der Waals surface area contributed by atoms with Crippen LogP contribution in [0.25, 0.3) is 11.4 Å². The number of rotatable bonds is 15. The van der Waals surface area contributed by atoms with Crippen LogP contribution >= 0.6 is 0 Å². The number of aromatic nitrogens is 2. The first-order valence-corrected chi connectivity index (χ1v) is 11.6. The van der Waals surface area contributed by atoms with Crippen molar-refractivity contribution in [2.24, 2.45) is 0 Å². The van der Waals surface area contributed by atoms with Crippen LogP contribution in [0.2, 0.25) is 0 Å². The smallest absolute Gasteiger partial charge is 0.330 e. The molecule has 0 radical (unpaired) electrons. The second kappa shape index (κ2) is 14.7. The van der Waals surface area contributed by atoms with Gasteiger partial charge in [-0.05, 0) is 57.4 Å². The summed E-state index contributed by atoms with van der Waals surface area (Å²) in [6.45, 7) is 8.99. The Kier molecular flexibility index (Phi) is 11.6. The maximum absolute atomic E-state index is 11.9. The lowest BCUT2D eigenvalue weighted by Crippen LogP contribution is -2.12. The van der Waals surface area contributed by atoms with Crippen LogP contribution in [0.3, 0.4) is 0 Å². The second-order valence-electron chi connectivity index (χ2n) is 8.00. The highest BCUT2D eigenvalue weighted by Gasteiger charge is 2.08. The summed E-state index contributed by atoms with van der Waals surface area (Å²) in [7, 11) is 0. The molecule has 2 aromatic rings.